The lowest BCUT2D eigenvalue weighted by atomic mass is 10.2. The molecule has 2 heterocycles. The second-order valence-corrected chi connectivity index (χ2v) is 6.61. The number of likely N-dealkylation sites (tertiary alicyclic amines) is 1. The molecule has 6 nitrogen and oxygen atoms in total. The number of carbonyl (C=O) groups is 1. The number of amides is 1. The zero-order valence-electron chi connectivity index (χ0n) is 12.3. The third-order valence-electron chi connectivity index (χ3n) is 3.10. The van der Waals surface area contributed by atoms with E-state index in [0.717, 1.165) is 31.6 Å². The summed E-state index contributed by atoms with van der Waals surface area (Å²) in [7, 11) is 0. The Balaban J connectivity index is 1.79. The Labute approximate surface area is 123 Å². The Kier molecular flexibility index (Phi) is 4.93. The van der Waals surface area contributed by atoms with Crippen LogP contribution in [-0.2, 0) is 11.3 Å². The van der Waals surface area contributed by atoms with Gasteiger partial charge in [0, 0.05) is 31.1 Å². The van der Waals surface area contributed by atoms with Crippen LogP contribution in [0.2, 0.25) is 0 Å². The minimum atomic E-state index is -0.441. The maximum atomic E-state index is 12.1. The average Bonchev–Trinajstić information content (AvgIpc) is 2.97. The fourth-order valence-corrected chi connectivity index (χ4v) is 2.69. The molecule has 1 aromatic rings. The molecule has 1 aliphatic rings. The Morgan fingerprint density at radius 1 is 1.60 bits per heavy atom. The molecule has 0 saturated carbocycles. The number of nitrogens with zero attached hydrogens (tertiary/aromatic N) is 3. The van der Waals surface area contributed by atoms with Crippen molar-refractivity contribution in [1.82, 2.24) is 19.8 Å². The van der Waals surface area contributed by atoms with Crippen molar-refractivity contribution in [2.75, 3.05) is 13.1 Å². The number of rotatable bonds is 4. The maximum absolute atomic E-state index is 12.1. The molecule has 7 heteroatoms. The van der Waals surface area contributed by atoms with Crippen LogP contribution in [0.15, 0.2) is 5.38 Å². The molecule has 1 unspecified atom stereocenters. The average molecular weight is 298 g/mol. The van der Waals surface area contributed by atoms with Crippen molar-refractivity contribution in [3.63, 3.8) is 0 Å². The monoisotopic (exact) mass is 298 g/mol. The molecular weight excluding hydrogens is 276 g/mol. The highest BCUT2D eigenvalue weighted by Gasteiger charge is 2.31. The van der Waals surface area contributed by atoms with Gasteiger partial charge in [0.25, 0.3) is 0 Å². The van der Waals surface area contributed by atoms with Gasteiger partial charge >= 0.3 is 6.09 Å². The van der Waals surface area contributed by atoms with Crippen LogP contribution >= 0.6 is 11.5 Å². The summed E-state index contributed by atoms with van der Waals surface area (Å²) in [4.78, 5) is 13.9. The van der Waals surface area contributed by atoms with E-state index in [2.05, 4.69) is 14.9 Å². The number of hydrogen-bond donors (Lipinski definition) is 1. The summed E-state index contributed by atoms with van der Waals surface area (Å²) in [5.41, 5.74) is 0.501. The largest absolute Gasteiger partial charge is 0.444 e. The molecule has 1 fully saturated rings. The normalized spacial score (nSPS) is 19.4. The maximum Gasteiger partial charge on any atom is 0.410 e. The topological polar surface area (TPSA) is 67.3 Å². The van der Waals surface area contributed by atoms with Gasteiger partial charge < -0.3 is 15.0 Å². The second kappa shape index (κ2) is 6.49. The van der Waals surface area contributed by atoms with E-state index in [9.17, 15) is 4.79 Å². The summed E-state index contributed by atoms with van der Waals surface area (Å²) >= 11 is 1.35. The van der Waals surface area contributed by atoms with Crippen molar-refractivity contribution in [3.8, 4) is 0 Å². The number of carbonyl (C=O) groups excluding carboxylic acids is 1. The van der Waals surface area contributed by atoms with E-state index in [4.69, 9.17) is 4.74 Å². The zero-order chi connectivity index (χ0) is 14.6. The summed E-state index contributed by atoms with van der Waals surface area (Å²) in [5.74, 6) is 0. The van der Waals surface area contributed by atoms with Gasteiger partial charge in [0.05, 0.1) is 5.69 Å². The predicted octanol–water partition coefficient (Wildman–Crippen LogP) is 2.03. The van der Waals surface area contributed by atoms with E-state index < -0.39 is 5.60 Å². The predicted molar refractivity (Wildman–Crippen MR) is 77.6 cm³/mol. The van der Waals surface area contributed by atoms with Crippen molar-refractivity contribution in [2.24, 2.45) is 0 Å². The van der Waals surface area contributed by atoms with Gasteiger partial charge in [-0.05, 0) is 45.1 Å². The first-order valence-electron chi connectivity index (χ1n) is 6.92. The van der Waals surface area contributed by atoms with Crippen LogP contribution in [0.1, 0.15) is 39.3 Å². The van der Waals surface area contributed by atoms with Gasteiger partial charge in [-0.25, -0.2) is 4.79 Å². The molecule has 112 valence electrons. The highest BCUT2D eigenvalue weighted by Crippen LogP contribution is 2.20. The van der Waals surface area contributed by atoms with E-state index in [-0.39, 0.29) is 12.1 Å². The number of hydrogen-bond acceptors (Lipinski definition) is 6. The van der Waals surface area contributed by atoms with Gasteiger partial charge in [-0.3, -0.25) is 0 Å². The van der Waals surface area contributed by atoms with Crippen molar-refractivity contribution >= 4 is 17.6 Å². The molecule has 1 amide bonds. The van der Waals surface area contributed by atoms with Crippen LogP contribution in [0, 0.1) is 0 Å². The summed E-state index contributed by atoms with van der Waals surface area (Å²) in [6, 6.07) is 0.205. The van der Waals surface area contributed by atoms with E-state index in [1.54, 1.807) is 0 Å². The van der Waals surface area contributed by atoms with E-state index in [0.29, 0.717) is 6.54 Å². The van der Waals surface area contributed by atoms with Gasteiger partial charge in [0.2, 0.25) is 0 Å². The van der Waals surface area contributed by atoms with E-state index in [1.165, 1.54) is 11.5 Å². The molecular formula is C13H22N4O2S. The number of nitrogens with one attached hydrogen (secondary N) is 1. The molecule has 0 aromatic carbocycles. The van der Waals surface area contributed by atoms with Gasteiger partial charge in [-0.2, -0.15) is 0 Å². The number of aromatic nitrogens is 2. The summed E-state index contributed by atoms with van der Waals surface area (Å²) in [6.07, 6.45) is 1.84. The Morgan fingerprint density at radius 3 is 3.05 bits per heavy atom. The second-order valence-electron chi connectivity index (χ2n) is 6.00. The molecule has 1 N–H and O–H groups in total. The smallest absolute Gasteiger partial charge is 0.410 e. The zero-order valence-corrected chi connectivity index (χ0v) is 13.1. The first kappa shape index (κ1) is 15.2. The van der Waals surface area contributed by atoms with Crippen LogP contribution in [0.5, 0.6) is 0 Å². The minimum Gasteiger partial charge on any atom is -0.444 e. The first-order valence-corrected chi connectivity index (χ1v) is 7.75. The fourth-order valence-electron chi connectivity index (χ4n) is 2.24. The third kappa shape index (κ3) is 4.42. The Hall–Kier alpha value is -1.21. The van der Waals surface area contributed by atoms with Crippen molar-refractivity contribution in [3.05, 3.63) is 11.1 Å². The molecule has 0 aliphatic carbocycles. The minimum absolute atomic E-state index is 0.205. The van der Waals surface area contributed by atoms with Gasteiger partial charge in [-0.15, -0.1) is 5.10 Å². The molecule has 2 rings (SSSR count). The van der Waals surface area contributed by atoms with Crippen LogP contribution in [0.25, 0.3) is 0 Å². The van der Waals surface area contributed by atoms with Crippen molar-refractivity contribution < 1.29 is 9.53 Å². The van der Waals surface area contributed by atoms with Crippen molar-refractivity contribution in [1.29, 1.82) is 0 Å². The molecule has 1 aromatic heterocycles. The van der Waals surface area contributed by atoms with Gasteiger partial charge in [0.15, 0.2) is 0 Å². The molecule has 1 aliphatic heterocycles. The summed E-state index contributed by atoms with van der Waals surface area (Å²) < 4.78 is 9.27. The summed E-state index contributed by atoms with van der Waals surface area (Å²) in [6.45, 7) is 7.90. The van der Waals surface area contributed by atoms with Crippen LogP contribution in [0.3, 0.4) is 0 Å². The molecule has 20 heavy (non-hydrogen) atoms. The van der Waals surface area contributed by atoms with Crippen LogP contribution in [0.4, 0.5) is 4.79 Å². The molecule has 1 atom stereocenters. The van der Waals surface area contributed by atoms with E-state index in [1.807, 2.05) is 31.1 Å². The highest BCUT2D eigenvalue weighted by molar-refractivity contribution is 7.03. The molecule has 0 bridgehead atoms. The van der Waals surface area contributed by atoms with Gasteiger partial charge in [0.1, 0.15) is 5.60 Å². The lowest BCUT2D eigenvalue weighted by Gasteiger charge is -2.28. The lowest BCUT2D eigenvalue weighted by Crippen LogP contribution is -2.44. The highest BCUT2D eigenvalue weighted by atomic mass is 32.1. The van der Waals surface area contributed by atoms with Crippen molar-refractivity contribution in [2.45, 2.75) is 51.8 Å². The van der Waals surface area contributed by atoms with Crippen LogP contribution < -0.4 is 5.32 Å². The quantitative estimate of drug-likeness (QED) is 0.921. The first-order chi connectivity index (χ1) is 9.46. The molecule has 0 spiro atoms. The molecule has 0 radical (unpaired) electrons. The summed E-state index contributed by atoms with van der Waals surface area (Å²) in [5, 5.41) is 9.24. The Bertz CT molecular complexity index is 430. The van der Waals surface area contributed by atoms with Gasteiger partial charge in [-0.1, -0.05) is 4.49 Å². The Morgan fingerprint density at radius 2 is 2.40 bits per heavy atom. The third-order valence-corrected chi connectivity index (χ3v) is 3.65. The lowest BCUT2D eigenvalue weighted by molar-refractivity contribution is 0.0226. The van der Waals surface area contributed by atoms with Crippen LogP contribution in [-0.4, -0.2) is 45.3 Å². The van der Waals surface area contributed by atoms with E-state index >= 15 is 0 Å². The SMILES string of the molecule is CC(C)(C)OC(=O)N1CCCC1CNCc1csnn1. The number of ether oxygens (including phenoxy) is 1. The molecule has 1 saturated heterocycles. The fraction of sp³-hybridized carbons (Fsp3) is 0.769. The standard InChI is InChI=1S/C13H22N4O2S/c1-13(2,3)19-12(18)17-6-4-5-11(17)8-14-7-10-9-20-16-15-10/h9,11,14H,4-8H2,1-3H3.